The summed E-state index contributed by atoms with van der Waals surface area (Å²) in [6.07, 6.45) is 0. The molecule has 0 bridgehead atoms. The van der Waals surface area contributed by atoms with Gasteiger partial charge in [0.15, 0.2) is 0 Å². The standard InChI is InChI=1S/C18H17N3O4/c1-23-14-8-6-12(7-9-14)18(22)19-11-16-20-17(21-25-16)13-4-3-5-15(10-13)24-2/h3-10H,11H2,1-2H3,(H,19,22). The van der Waals surface area contributed by atoms with Crippen LogP contribution in [0.4, 0.5) is 0 Å². The number of hydrogen-bond donors (Lipinski definition) is 1. The summed E-state index contributed by atoms with van der Waals surface area (Å²) in [7, 11) is 3.17. The van der Waals surface area contributed by atoms with Crippen LogP contribution in [-0.4, -0.2) is 30.3 Å². The summed E-state index contributed by atoms with van der Waals surface area (Å²) < 4.78 is 15.4. The summed E-state index contributed by atoms with van der Waals surface area (Å²) in [6, 6.07) is 14.2. The highest BCUT2D eigenvalue weighted by Crippen LogP contribution is 2.21. The topological polar surface area (TPSA) is 86.5 Å². The van der Waals surface area contributed by atoms with Gasteiger partial charge in [0, 0.05) is 11.1 Å². The van der Waals surface area contributed by atoms with Crippen molar-refractivity contribution in [2.45, 2.75) is 6.54 Å². The van der Waals surface area contributed by atoms with Crippen LogP contribution < -0.4 is 14.8 Å². The Morgan fingerprint density at radius 2 is 1.84 bits per heavy atom. The lowest BCUT2D eigenvalue weighted by molar-refractivity contribution is 0.0946. The largest absolute Gasteiger partial charge is 0.497 e. The van der Waals surface area contributed by atoms with Crippen molar-refractivity contribution < 1.29 is 18.8 Å². The lowest BCUT2D eigenvalue weighted by Crippen LogP contribution is -2.22. The third-order valence-corrected chi connectivity index (χ3v) is 3.55. The molecule has 25 heavy (non-hydrogen) atoms. The summed E-state index contributed by atoms with van der Waals surface area (Å²) in [5.74, 6) is 1.92. The zero-order chi connectivity index (χ0) is 17.6. The number of carbonyl (C=O) groups is 1. The predicted octanol–water partition coefficient (Wildman–Crippen LogP) is 2.68. The van der Waals surface area contributed by atoms with Gasteiger partial charge in [-0.05, 0) is 36.4 Å². The molecule has 0 fully saturated rings. The van der Waals surface area contributed by atoms with Crippen LogP contribution in [0.25, 0.3) is 11.4 Å². The molecule has 0 aliphatic carbocycles. The molecule has 0 unspecified atom stereocenters. The molecule has 1 N–H and O–H groups in total. The molecule has 0 aliphatic heterocycles. The number of hydrogen-bond acceptors (Lipinski definition) is 6. The second-order valence-electron chi connectivity index (χ2n) is 5.15. The molecule has 3 rings (SSSR count). The minimum absolute atomic E-state index is 0.141. The molecule has 1 heterocycles. The van der Waals surface area contributed by atoms with Gasteiger partial charge in [-0.2, -0.15) is 4.98 Å². The lowest BCUT2D eigenvalue weighted by atomic mass is 10.2. The number of aromatic nitrogens is 2. The highest BCUT2D eigenvalue weighted by Gasteiger charge is 2.11. The van der Waals surface area contributed by atoms with E-state index in [1.54, 1.807) is 38.5 Å². The SMILES string of the molecule is COc1ccc(C(=O)NCc2nc(-c3cccc(OC)c3)no2)cc1. The Labute approximate surface area is 144 Å². The number of nitrogens with zero attached hydrogens (tertiary/aromatic N) is 2. The summed E-state index contributed by atoms with van der Waals surface area (Å²) in [5, 5.41) is 6.67. The van der Waals surface area contributed by atoms with Gasteiger partial charge in [-0.3, -0.25) is 4.79 Å². The Morgan fingerprint density at radius 1 is 1.08 bits per heavy atom. The number of methoxy groups -OCH3 is 2. The maximum absolute atomic E-state index is 12.1. The molecular weight excluding hydrogens is 322 g/mol. The van der Waals surface area contributed by atoms with Crippen molar-refractivity contribution in [1.82, 2.24) is 15.5 Å². The van der Waals surface area contributed by atoms with Gasteiger partial charge < -0.3 is 19.3 Å². The number of benzene rings is 2. The van der Waals surface area contributed by atoms with Crippen LogP contribution in [0.5, 0.6) is 11.5 Å². The van der Waals surface area contributed by atoms with Crippen LogP contribution in [0.1, 0.15) is 16.2 Å². The molecule has 0 saturated carbocycles. The van der Waals surface area contributed by atoms with Crippen LogP contribution in [0.2, 0.25) is 0 Å². The molecule has 0 radical (unpaired) electrons. The highest BCUT2D eigenvalue weighted by atomic mass is 16.5. The van der Waals surface area contributed by atoms with E-state index in [1.165, 1.54) is 0 Å². The Morgan fingerprint density at radius 3 is 2.56 bits per heavy atom. The molecule has 128 valence electrons. The van der Waals surface area contributed by atoms with E-state index in [0.29, 0.717) is 28.8 Å². The summed E-state index contributed by atoms with van der Waals surface area (Å²) in [6.45, 7) is 0.141. The van der Waals surface area contributed by atoms with E-state index in [4.69, 9.17) is 14.0 Å². The van der Waals surface area contributed by atoms with Gasteiger partial charge in [0.2, 0.25) is 11.7 Å². The molecule has 0 atom stereocenters. The molecule has 2 aromatic carbocycles. The lowest BCUT2D eigenvalue weighted by Gasteiger charge is -2.03. The second-order valence-corrected chi connectivity index (χ2v) is 5.15. The first-order valence-electron chi connectivity index (χ1n) is 7.59. The zero-order valence-corrected chi connectivity index (χ0v) is 13.9. The number of rotatable bonds is 6. The van der Waals surface area contributed by atoms with E-state index in [9.17, 15) is 4.79 Å². The molecular formula is C18H17N3O4. The average molecular weight is 339 g/mol. The first-order valence-corrected chi connectivity index (χ1v) is 7.59. The van der Waals surface area contributed by atoms with Crippen LogP contribution in [-0.2, 0) is 6.54 Å². The molecule has 7 heteroatoms. The molecule has 3 aromatic rings. The fourth-order valence-corrected chi connectivity index (χ4v) is 2.21. The Bertz CT molecular complexity index is 859. The Balaban J connectivity index is 1.63. The van der Waals surface area contributed by atoms with E-state index in [-0.39, 0.29) is 12.5 Å². The van der Waals surface area contributed by atoms with Gasteiger partial charge in [-0.15, -0.1) is 0 Å². The fraction of sp³-hybridized carbons (Fsp3) is 0.167. The van der Waals surface area contributed by atoms with Gasteiger partial charge in [0.05, 0.1) is 20.8 Å². The quantitative estimate of drug-likeness (QED) is 0.743. The monoisotopic (exact) mass is 339 g/mol. The van der Waals surface area contributed by atoms with E-state index < -0.39 is 0 Å². The van der Waals surface area contributed by atoms with Crippen LogP contribution in [0, 0.1) is 0 Å². The Kier molecular flexibility index (Phi) is 4.94. The van der Waals surface area contributed by atoms with Crippen molar-refractivity contribution in [1.29, 1.82) is 0 Å². The second kappa shape index (κ2) is 7.48. The van der Waals surface area contributed by atoms with E-state index in [1.807, 2.05) is 24.3 Å². The van der Waals surface area contributed by atoms with E-state index >= 15 is 0 Å². The van der Waals surface area contributed by atoms with Crippen molar-refractivity contribution in [3.63, 3.8) is 0 Å². The van der Waals surface area contributed by atoms with Crippen LogP contribution >= 0.6 is 0 Å². The molecule has 1 amide bonds. The first-order chi connectivity index (χ1) is 12.2. The predicted molar refractivity (Wildman–Crippen MR) is 90.5 cm³/mol. The maximum atomic E-state index is 12.1. The maximum Gasteiger partial charge on any atom is 0.251 e. The van der Waals surface area contributed by atoms with Gasteiger partial charge in [-0.1, -0.05) is 17.3 Å². The van der Waals surface area contributed by atoms with E-state index in [0.717, 1.165) is 5.56 Å². The average Bonchev–Trinajstić information content (AvgIpc) is 3.15. The Hall–Kier alpha value is -3.35. The van der Waals surface area contributed by atoms with Crippen LogP contribution in [0.15, 0.2) is 53.1 Å². The van der Waals surface area contributed by atoms with Crippen LogP contribution in [0.3, 0.4) is 0 Å². The fourth-order valence-electron chi connectivity index (χ4n) is 2.21. The highest BCUT2D eigenvalue weighted by molar-refractivity contribution is 5.94. The third kappa shape index (κ3) is 3.95. The van der Waals surface area contributed by atoms with E-state index in [2.05, 4.69) is 15.5 Å². The van der Waals surface area contributed by atoms with Crippen molar-refractivity contribution in [2.75, 3.05) is 14.2 Å². The first kappa shape index (κ1) is 16.5. The van der Waals surface area contributed by atoms with Gasteiger partial charge >= 0.3 is 0 Å². The molecule has 0 saturated heterocycles. The smallest absolute Gasteiger partial charge is 0.251 e. The van der Waals surface area contributed by atoms with Crippen molar-refractivity contribution >= 4 is 5.91 Å². The molecule has 0 aliphatic rings. The van der Waals surface area contributed by atoms with Gasteiger partial charge in [-0.25, -0.2) is 0 Å². The summed E-state index contributed by atoms with van der Waals surface area (Å²) in [5.41, 5.74) is 1.30. The molecule has 1 aromatic heterocycles. The van der Waals surface area contributed by atoms with Gasteiger partial charge in [0.1, 0.15) is 11.5 Å². The number of nitrogens with one attached hydrogen (secondary N) is 1. The van der Waals surface area contributed by atoms with Gasteiger partial charge in [0.25, 0.3) is 5.91 Å². The third-order valence-electron chi connectivity index (χ3n) is 3.55. The zero-order valence-electron chi connectivity index (χ0n) is 13.9. The number of ether oxygens (including phenoxy) is 2. The van der Waals surface area contributed by atoms with Crippen molar-refractivity contribution in [3.8, 4) is 22.9 Å². The summed E-state index contributed by atoms with van der Waals surface area (Å²) in [4.78, 5) is 16.4. The number of carbonyl (C=O) groups excluding carboxylic acids is 1. The normalized spacial score (nSPS) is 10.3. The van der Waals surface area contributed by atoms with Crippen molar-refractivity contribution in [2.24, 2.45) is 0 Å². The minimum atomic E-state index is -0.233. The summed E-state index contributed by atoms with van der Waals surface area (Å²) >= 11 is 0. The minimum Gasteiger partial charge on any atom is -0.497 e. The molecule has 0 spiro atoms. The molecule has 7 nitrogen and oxygen atoms in total. The number of amides is 1. The van der Waals surface area contributed by atoms with Crippen molar-refractivity contribution in [3.05, 3.63) is 60.0 Å².